The lowest BCUT2D eigenvalue weighted by Gasteiger charge is -2.10. The van der Waals surface area contributed by atoms with Gasteiger partial charge >= 0.3 is 0 Å². The Balaban J connectivity index is 2.16. The van der Waals surface area contributed by atoms with E-state index < -0.39 is 0 Å². The fraction of sp³-hybridized carbons (Fsp3) is 0.286. The predicted octanol–water partition coefficient (Wildman–Crippen LogP) is 2.97. The van der Waals surface area contributed by atoms with E-state index in [9.17, 15) is 0 Å². The van der Waals surface area contributed by atoms with Crippen LogP contribution in [0, 0.1) is 6.92 Å². The van der Waals surface area contributed by atoms with Gasteiger partial charge in [0.1, 0.15) is 11.6 Å². The van der Waals surface area contributed by atoms with Gasteiger partial charge in [-0.2, -0.15) is 4.98 Å². The molecule has 1 heterocycles. The second kappa shape index (κ2) is 6.04. The van der Waals surface area contributed by atoms with Crippen LogP contribution in [-0.2, 0) is 0 Å². The minimum atomic E-state index is 0.623. The molecule has 19 heavy (non-hydrogen) atoms. The first-order valence-electron chi connectivity index (χ1n) is 6.21. The van der Waals surface area contributed by atoms with Crippen molar-refractivity contribution in [2.45, 2.75) is 13.8 Å². The summed E-state index contributed by atoms with van der Waals surface area (Å²) in [5.41, 5.74) is 2.05. The van der Waals surface area contributed by atoms with Crippen LogP contribution in [0.1, 0.15) is 12.5 Å². The van der Waals surface area contributed by atoms with E-state index in [1.807, 2.05) is 38.1 Å². The second-order valence-electron chi connectivity index (χ2n) is 4.11. The number of hydrogen-bond donors (Lipinski definition) is 2. The van der Waals surface area contributed by atoms with Crippen molar-refractivity contribution < 1.29 is 4.74 Å². The Hall–Kier alpha value is -2.30. The molecule has 0 saturated heterocycles. The molecule has 2 N–H and O–H groups in total. The van der Waals surface area contributed by atoms with Crippen molar-refractivity contribution in [3.05, 3.63) is 36.0 Å². The molecule has 0 fully saturated rings. The van der Waals surface area contributed by atoms with Crippen molar-refractivity contribution in [2.24, 2.45) is 0 Å². The van der Waals surface area contributed by atoms with Gasteiger partial charge in [0.2, 0.25) is 5.95 Å². The molecule has 1 aromatic heterocycles. The minimum Gasteiger partial charge on any atom is -0.496 e. The van der Waals surface area contributed by atoms with E-state index in [1.54, 1.807) is 13.3 Å². The van der Waals surface area contributed by atoms with Gasteiger partial charge in [0.05, 0.1) is 7.11 Å². The number of nitrogens with one attached hydrogen (secondary N) is 2. The van der Waals surface area contributed by atoms with Crippen LogP contribution in [-0.4, -0.2) is 23.6 Å². The van der Waals surface area contributed by atoms with Crippen LogP contribution < -0.4 is 15.4 Å². The Morgan fingerprint density at radius 1 is 1.26 bits per heavy atom. The quantitative estimate of drug-likeness (QED) is 0.863. The molecule has 2 rings (SSSR count). The van der Waals surface area contributed by atoms with Crippen molar-refractivity contribution in [1.29, 1.82) is 0 Å². The zero-order valence-electron chi connectivity index (χ0n) is 11.4. The third kappa shape index (κ3) is 3.34. The summed E-state index contributed by atoms with van der Waals surface area (Å²) in [4.78, 5) is 8.50. The molecular weight excluding hydrogens is 240 g/mol. The molecule has 0 aliphatic carbocycles. The number of rotatable bonds is 5. The number of nitrogens with zero attached hydrogens (tertiary/aromatic N) is 2. The number of anilines is 3. The third-order valence-corrected chi connectivity index (χ3v) is 2.66. The van der Waals surface area contributed by atoms with Crippen LogP contribution in [0.2, 0.25) is 0 Å². The fourth-order valence-corrected chi connectivity index (χ4v) is 1.78. The first-order chi connectivity index (χ1) is 9.22. The molecule has 5 nitrogen and oxygen atoms in total. The van der Waals surface area contributed by atoms with Gasteiger partial charge in [-0.25, -0.2) is 4.98 Å². The predicted molar refractivity (Wildman–Crippen MR) is 77.2 cm³/mol. The van der Waals surface area contributed by atoms with Gasteiger partial charge in [-0.3, -0.25) is 0 Å². The second-order valence-corrected chi connectivity index (χ2v) is 4.11. The maximum atomic E-state index is 5.24. The summed E-state index contributed by atoms with van der Waals surface area (Å²) in [6.45, 7) is 4.81. The summed E-state index contributed by atoms with van der Waals surface area (Å²) in [5, 5.41) is 6.33. The SMILES string of the molecule is CCNc1nccc(Nc2ccc(OC)c(C)c2)n1. The van der Waals surface area contributed by atoms with Crippen molar-refractivity contribution in [3.8, 4) is 5.75 Å². The van der Waals surface area contributed by atoms with Crippen LogP contribution in [0.15, 0.2) is 30.5 Å². The van der Waals surface area contributed by atoms with Gasteiger partial charge in [0, 0.05) is 18.4 Å². The van der Waals surface area contributed by atoms with Crippen molar-refractivity contribution in [1.82, 2.24) is 9.97 Å². The average Bonchev–Trinajstić information content (AvgIpc) is 2.40. The number of aryl methyl sites for hydroxylation is 1. The molecule has 1 aromatic carbocycles. The summed E-state index contributed by atoms with van der Waals surface area (Å²) in [5.74, 6) is 2.26. The zero-order valence-corrected chi connectivity index (χ0v) is 11.4. The first kappa shape index (κ1) is 13.1. The maximum Gasteiger partial charge on any atom is 0.224 e. The lowest BCUT2D eigenvalue weighted by Crippen LogP contribution is -2.03. The van der Waals surface area contributed by atoms with Crippen LogP contribution in [0.5, 0.6) is 5.75 Å². The zero-order chi connectivity index (χ0) is 13.7. The highest BCUT2D eigenvalue weighted by atomic mass is 16.5. The molecule has 0 atom stereocenters. The van der Waals surface area contributed by atoms with E-state index >= 15 is 0 Å². The molecule has 100 valence electrons. The largest absolute Gasteiger partial charge is 0.496 e. The number of benzene rings is 1. The highest BCUT2D eigenvalue weighted by Crippen LogP contribution is 2.23. The van der Waals surface area contributed by atoms with Crippen LogP contribution in [0.3, 0.4) is 0 Å². The summed E-state index contributed by atoms with van der Waals surface area (Å²) in [6, 6.07) is 7.75. The third-order valence-electron chi connectivity index (χ3n) is 2.66. The van der Waals surface area contributed by atoms with Crippen molar-refractivity contribution in [3.63, 3.8) is 0 Å². The van der Waals surface area contributed by atoms with E-state index in [2.05, 4.69) is 20.6 Å². The van der Waals surface area contributed by atoms with Gasteiger partial charge in [0.15, 0.2) is 0 Å². The first-order valence-corrected chi connectivity index (χ1v) is 6.21. The highest BCUT2D eigenvalue weighted by molar-refractivity contribution is 5.59. The van der Waals surface area contributed by atoms with E-state index in [4.69, 9.17) is 4.74 Å². The van der Waals surface area contributed by atoms with Crippen molar-refractivity contribution in [2.75, 3.05) is 24.3 Å². The van der Waals surface area contributed by atoms with Crippen LogP contribution in [0.4, 0.5) is 17.5 Å². The fourth-order valence-electron chi connectivity index (χ4n) is 1.78. The molecule has 5 heteroatoms. The Morgan fingerprint density at radius 2 is 2.11 bits per heavy atom. The smallest absolute Gasteiger partial charge is 0.224 e. The Labute approximate surface area is 113 Å². The van der Waals surface area contributed by atoms with Gasteiger partial charge in [0.25, 0.3) is 0 Å². The van der Waals surface area contributed by atoms with E-state index in [-0.39, 0.29) is 0 Å². The summed E-state index contributed by atoms with van der Waals surface area (Å²) in [6.07, 6.45) is 1.73. The number of aromatic nitrogens is 2. The average molecular weight is 258 g/mol. The molecule has 2 aromatic rings. The number of methoxy groups -OCH3 is 1. The highest BCUT2D eigenvalue weighted by Gasteiger charge is 2.02. The molecule has 0 aliphatic heterocycles. The molecule has 0 amide bonds. The van der Waals surface area contributed by atoms with E-state index in [0.717, 1.165) is 29.4 Å². The number of ether oxygens (including phenoxy) is 1. The van der Waals surface area contributed by atoms with E-state index in [1.165, 1.54) is 0 Å². The molecule has 0 unspecified atom stereocenters. The Kier molecular flexibility index (Phi) is 4.18. The maximum absolute atomic E-state index is 5.24. The molecule has 0 bridgehead atoms. The Morgan fingerprint density at radius 3 is 2.79 bits per heavy atom. The standard InChI is InChI=1S/C14H18N4O/c1-4-15-14-16-8-7-13(18-14)17-11-5-6-12(19-3)10(2)9-11/h5-9H,4H2,1-3H3,(H2,15,16,17,18). The van der Waals surface area contributed by atoms with Gasteiger partial charge < -0.3 is 15.4 Å². The molecule has 0 saturated carbocycles. The van der Waals surface area contributed by atoms with Crippen LogP contribution >= 0.6 is 0 Å². The summed E-state index contributed by atoms with van der Waals surface area (Å²) < 4.78 is 5.24. The lowest BCUT2D eigenvalue weighted by molar-refractivity contribution is 0.412. The van der Waals surface area contributed by atoms with Gasteiger partial charge in [-0.1, -0.05) is 0 Å². The molecule has 0 spiro atoms. The van der Waals surface area contributed by atoms with Gasteiger partial charge in [-0.15, -0.1) is 0 Å². The molecule has 0 radical (unpaired) electrons. The van der Waals surface area contributed by atoms with E-state index in [0.29, 0.717) is 5.95 Å². The van der Waals surface area contributed by atoms with Gasteiger partial charge in [-0.05, 0) is 43.7 Å². The summed E-state index contributed by atoms with van der Waals surface area (Å²) in [7, 11) is 1.67. The molecular formula is C14H18N4O. The Bertz CT molecular complexity index is 557. The van der Waals surface area contributed by atoms with Crippen molar-refractivity contribution >= 4 is 17.5 Å². The van der Waals surface area contributed by atoms with Crippen LogP contribution in [0.25, 0.3) is 0 Å². The number of hydrogen-bond acceptors (Lipinski definition) is 5. The minimum absolute atomic E-state index is 0.623. The monoisotopic (exact) mass is 258 g/mol. The normalized spacial score (nSPS) is 10.1. The topological polar surface area (TPSA) is 59.1 Å². The lowest BCUT2D eigenvalue weighted by atomic mass is 10.2. The summed E-state index contributed by atoms with van der Waals surface area (Å²) >= 11 is 0. The molecule has 0 aliphatic rings.